The quantitative estimate of drug-likeness (QED) is 0.589. The van der Waals surface area contributed by atoms with Gasteiger partial charge in [-0.3, -0.25) is 9.59 Å². The van der Waals surface area contributed by atoms with Crippen molar-refractivity contribution in [3.63, 3.8) is 0 Å². The van der Waals surface area contributed by atoms with E-state index < -0.39 is 17.9 Å². The van der Waals surface area contributed by atoms with Gasteiger partial charge in [-0.05, 0) is 19.4 Å². The highest BCUT2D eigenvalue weighted by Crippen LogP contribution is 2.15. The zero-order chi connectivity index (χ0) is 12.8. The second kappa shape index (κ2) is 6.56. The van der Waals surface area contributed by atoms with Crippen LogP contribution in [-0.4, -0.2) is 42.8 Å². The first-order valence-corrected chi connectivity index (χ1v) is 5.87. The standard InChI is InChI=1S/C11H20N2O4/c1-7(3-2-4-12)10(14)13-9-6-17-5-8(9)11(15)16/h7-9H,2-6,12H2,1H3,(H,13,14)(H,15,16). The van der Waals surface area contributed by atoms with Crippen LogP contribution in [-0.2, 0) is 14.3 Å². The van der Waals surface area contributed by atoms with Crippen LogP contribution in [0.3, 0.4) is 0 Å². The van der Waals surface area contributed by atoms with Crippen LogP contribution >= 0.6 is 0 Å². The summed E-state index contributed by atoms with van der Waals surface area (Å²) < 4.78 is 5.08. The Kier molecular flexibility index (Phi) is 5.37. The van der Waals surface area contributed by atoms with Crippen LogP contribution in [0.5, 0.6) is 0 Å². The molecule has 0 spiro atoms. The maximum atomic E-state index is 11.8. The maximum Gasteiger partial charge on any atom is 0.311 e. The fraction of sp³-hybridized carbons (Fsp3) is 0.818. The van der Waals surface area contributed by atoms with Gasteiger partial charge >= 0.3 is 5.97 Å². The first-order chi connectivity index (χ1) is 8.06. The Hall–Kier alpha value is -1.14. The van der Waals surface area contributed by atoms with Crippen LogP contribution in [0.15, 0.2) is 0 Å². The van der Waals surface area contributed by atoms with E-state index in [1.807, 2.05) is 6.92 Å². The average Bonchev–Trinajstić information content (AvgIpc) is 2.73. The first kappa shape index (κ1) is 13.9. The van der Waals surface area contributed by atoms with Gasteiger partial charge in [-0.2, -0.15) is 0 Å². The molecule has 0 aromatic heterocycles. The summed E-state index contributed by atoms with van der Waals surface area (Å²) in [5.74, 6) is -1.84. The lowest BCUT2D eigenvalue weighted by atomic mass is 10.0. The number of amides is 1. The molecule has 0 aromatic rings. The third-order valence-electron chi connectivity index (χ3n) is 3.01. The fourth-order valence-electron chi connectivity index (χ4n) is 1.82. The van der Waals surface area contributed by atoms with Gasteiger partial charge in [0.05, 0.1) is 19.3 Å². The van der Waals surface area contributed by atoms with E-state index in [1.54, 1.807) is 0 Å². The van der Waals surface area contributed by atoms with Gasteiger partial charge in [0, 0.05) is 5.92 Å². The van der Waals surface area contributed by atoms with Gasteiger partial charge in [0.25, 0.3) is 0 Å². The minimum absolute atomic E-state index is 0.125. The topological polar surface area (TPSA) is 102 Å². The lowest BCUT2D eigenvalue weighted by Gasteiger charge is -2.18. The summed E-state index contributed by atoms with van der Waals surface area (Å²) in [4.78, 5) is 22.7. The highest BCUT2D eigenvalue weighted by Gasteiger charge is 2.35. The molecule has 0 aliphatic carbocycles. The summed E-state index contributed by atoms with van der Waals surface area (Å²) in [5.41, 5.74) is 5.37. The van der Waals surface area contributed by atoms with Crippen LogP contribution in [0.25, 0.3) is 0 Å². The van der Waals surface area contributed by atoms with Crippen molar-refractivity contribution in [3.8, 4) is 0 Å². The Bertz CT molecular complexity index is 283. The smallest absolute Gasteiger partial charge is 0.311 e. The molecule has 4 N–H and O–H groups in total. The minimum Gasteiger partial charge on any atom is -0.481 e. The Labute approximate surface area is 101 Å². The number of carboxylic acid groups (broad SMARTS) is 1. The maximum absolute atomic E-state index is 11.8. The second-order valence-electron chi connectivity index (χ2n) is 4.43. The highest BCUT2D eigenvalue weighted by molar-refractivity contribution is 5.80. The zero-order valence-corrected chi connectivity index (χ0v) is 10.0. The third-order valence-corrected chi connectivity index (χ3v) is 3.01. The first-order valence-electron chi connectivity index (χ1n) is 5.87. The normalized spacial score (nSPS) is 25.5. The molecular weight excluding hydrogens is 224 g/mol. The fourth-order valence-corrected chi connectivity index (χ4v) is 1.82. The summed E-state index contributed by atoms with van der Waals surface area (Å²) in [6.07, 6.45) is 1.51. The molecular formula is C11H20N2O4. The number of ether oxygens (including phenoxy) is 1. The Balaban J connectivity index is 2.42. The molecule has 3 atom stereocenters. The van der Waals surface area contributed by atoms with E-state index in [0.717, 1.165) is 6.42 Å². The Morgan fingerprint density at radius 3 is 2.82 bits per heavy atom. The molecule has 98 valence electrons. The molecule has 1 aliphatic heterocycles. The van der Waals surface area contributed by atoms with Gasteiger partial charge in [0.15, 0.2) is 0 Å². The number of hydrogen-bond donors (Lipinski definition) is 3. The van der Waals surface area contributed by atoms with Gasteiger partial charge in [0.2, 0.25) is 5.91 Å². The average molecular weight is 244 g/mol. The number of carboxylic acids is 1. The minimum atomic E-state index is -0.928. The van der Waals surface area contributed by atoms with Crippen molar-refractivity contribution in [2.45, 2.75) is 25.8 Å². The van der Waals surface area contributed by atoms with Crippen molar-refractivity contribution in [2.75, 3.05) is 19.8 Å². The second-order valence-corrected chi connectivity index (χ2v) is 4.43. The molecule has 17 heavy (non-hydrogen) atoms. The third kappa shape index (κ3) is 3.98. The van der Waals surface area contributed by atoms with Gasteiger partial charge in [0.1, 0.15) is 5.92 Å². The van der Waals surface area contributed by atoms with Crippen LogP contribution in [0.4, 0.5) is 0 Å². The lowest BCUT2D eigenvalue weighted by Crippen LogP contribution is -2.44. The number of aliphatic carboxylic acids is 1. The molecule has 1 amide bonds. The van der Waals surface area contributed by atoms with Gasteiger partial charge < -0.3 is 20.9 Å². The molecule has 1 aliphatic rings. The van der Waals surface area contributed by atoms with Crippen LogP contribution in [0, 0.1) is 11.8 Å². The molecule has 1 rings (SSSR count). The number of nitrogens with two attached hydrogens (primary N) is 1. The summed E-state index contributed by atoms with van der Waals surface area (Å²) in [6.45, 7) is 2.81. The SMILES string of the molecule is CC(CCCN)C(=O)NC1COCC1C(=O)O. The number of carbonyl (C=O) groups excluding carboxylic acids is 1. The largest absolute Gasteiger partial charge is 0.481 e. The number of carbonyl (C=O) groups is 2. The number of nitrogens with one attached hydrogen (secondary N) is 1. The van der Waals surface area contributed by atoms with Crippen molar-refractivity contribution in [3.05, 3.63) is 0 Å². The van der Waals surface area contributed by atoms with Crippen molar-refractivity contribution >= 4 is 11.9 Å². The molecule has 1 saturated heterocycles. The van der Waals surface area contributed by atoms with E-state index in [2.05, 4.69) is 5.32 Å². The summed E-state index contributed by atoms with van der Waals surface area (Å²) >= 11 is 0. The molecule has 6 nitrogen and oxygen atoms in total. The van der Waals surface area contributed by atoms with Crippen molar-refractivity contribution < 1.29 is 19.4 Å². The number of rotatable bonds is 6. The molecule has 0 radical (unpaired) electrons. The summed E-state index contributed by atoms with van der Waals surface area (Å²) in [7, 11) is 0. The van der Waals surface area contributed by atoms with E-state index in [-0.39, 0.29) is 25.0 Å². The molecule has 0 saturated carbocycles. The Morgan fingerprint density at radius 2 is 2.24 bits per heavy atom. The predicted octanol–water partition coefficient (Wildman–Crippen LogP) is -0.423. The Morgan fingerprint density at radius 1 is 1.53 bits per heavy atom. The van der Waals surface area contributed by atoms with Crippen molar-refractivity contribution in [1.29, 1.82) is 0 Å². The van der Waals surface area contributed by atoms with E-state index >= 15 is 0 Å². The van der Waals surface area contributed by atoms with Crippen LogP contribution < -0.4 is 11.1 Å². The van der Waals surface area contributed by atoms with Gasteiger partial charge in [-0.15, -0.1) is 0 Å². The van der Waals surface area contributed by atoms with Crippen LogP contribution in [0.2, 0.25) is 0 Å². The summed E-state index contributed by atoms with van der Waals surface area (Å²) in [6, 6.07) is -0.416. The van der Waals surface area contributed by atoms with Gasteiger partial charge in [-0.25, -0.2) is 0 Å². The van der Waals surface area contributed by atoms with E-state index in [0.29, 0.717) is 13.0 Å². The highest BCUT2D eigenvalue weighted by atomic mass is 16.5. The lowest BCUT2D eigenvalue weighted by molar-refractivity contribution is -0.142. The molecule has 0 aromatic carbocycles. The van der Waals surface area contributed by atoms with Crippen molar-refractivity contribution in [2.24, 2.45) is 17.6 Å². The van der Waals surface area contributed by atoms with E-state index in [4.69, 9.17) is 15.6 Å². The monoisotopic (exact) mass is 244 g/mol. The number of hydrogen-bond acceptors (Lipinski definition) is 4. The zero-order valence-electron chi connectivity index (χ0n) is 10.0. The molecule has 1 fully saturated rings. The molecule has 1 heterocycles. The van der Waals surface area contributed by atoms with E-state index in [9.17, 15) is 9.59 Å². The predicted molar refractivity (Wildman–Crippen MR) is 61.3 cm³/mol. The van der Waals surface area contributed by atoms with Crippen LogP contribution in [0.1, 0.15) is 19.8 Å². The van der Waals surface area contributed by atoms with Crippen molar-refractivity contribution in [1.82, 2.24) is 5.32 Å². The van der Waals surface area contributed by atoms with Gasteiger partial charge in [-0.1, -0.05) is 6.92 Å². The molecule has 3 unspecified atom stereocenters. The van der Waals surface area contributed by atoms with E-state index in [1.165, 1.54) is 0 Å². The molecule has 6 heteroatoms. The summed E-state index contributed by atoms with van der Waals surface area (Å²) in [5, 5.41) is 11.7. The molecule has 0 bridgehead atoms.